The molecule has 0 aliphatic carbocycles. The van der Waals surface area contributed by atoms with Crippen LogP contribution in [-0.4, -0.2) is 78.1 Å². The number of carboxylic acids is 1. The molecule has 4 rings (SSSR count). The lowest BCUT2D eigenvalue weighted by molar-refractivity contribution is -0.162. The van der Waals surface area contributed by atoms with Crippen molar-refractivity contribution in [2.24, 2.45) is 4.99 Å². The van der Waals surface area contributed by atoms with E-state index in [2.05, 4.69) is 15.3 Å². The van der Waals surface area contributed by atoms with E-state index in [0.29, 0.717) is 21.4 Å². The number of hydrogen-bond donors (Lipinski definition) is 2. The first-order valence-electron chi connectivity index (χ1n) is 11.0. The van der Waals surface area contributed by atoms with Crippen LogP contribution in [0.3, 0.4) is 0 Å². The zero-order valence-corrected chi connectivity index (χ0v) is 21.7. The smallest absolute Gasteiger partial charge is 0.338 e. The van der Waals surface area contributed by atoms with Crippen LogP contribution in [0.4, 0.5) is 8.78 Å². The van der Waals surface area contributed by atoms with Crippen LogP contribution in [0, 0.1) is 0 Å². The Morgan fingerprint density at radius 1 is 1.38 bits per heavy atom. The molecule has 2 N–H and O–H groups in total. The van der Waals surface area contributed by atoms with Gasteiger partial charge in [-0.15, -0.1) is 11.3 Å². The summed E-state index contributed by atoms with van der Waals surface area (Å²) >= 11 is 13.8. The predicted octanol–water partition coefficient (Wildman–Crippen LogP) is 3.78. The highest BCUT2D eigenvalue weighted by Crippen LogP contribution is 2.38. The zero-order chi connectivity index (χ0) is 26.7. The summed E-state index contributed by atoms with van der Waals surface area (Å²) in [7, 11) is 1.20. The maximum Gasteiger partial charge on any atom is 0.338 e. The Morgan fingerprint density at radius 2 is 2.16 bits per heavy atom. The molecule has 1 aromatic carbocycles. The third-order valence-electron chi connectivity index (χ3n) is 5.90. The van der Waals surface area contributed by atoms with E-state index in [1.807, 2.05) is 0 Å². The Morgan fingerprint density at radius 3 is 2.81 bits per heavy atom. The maximum atomic E-state index is 14.9. The van der Waals surface area contributed by atoms with Gasteiger partial charge in [-0.25, -0.2) is 18.6 Å². The Labute approximate surface area is 224 Å². The first kappa shape index (κ1) is 27.4. The number of morpholine rings is 1. The minimum atomic E-state index is -3.59. The zero-order valence-electron chi connectivity index (χ0n) is 19.4. The standard InChI is InChI=1S/C23H22Cl2F2N4O5S/c1-35-22(34)18-15(10-31-5-6-36-11-16(31)23(26,27)9-17(32)33)29-20(21-28-4-7-37-21)30-19(18)13-3-2-12(24)8-14(13)25/h2-4,7-8,16,19H,5-6,9-11H2,1H3,(H,29,30)(H,32,33)/t16?,19-/m0/s1. The molecule has 1 fully saturated rings. The fraction of sp³-hybridized carbons (Fsp3) is 0.391. The van der Waals surface area contributed by atoms with E-state index in [0.717, 1.165) is 0 Å². The SMILES string of the molecule is COC(=O)C1=C(CN2CCOCC2C(F)(F)CC(=O)O)NC(c2nccs2)=N[C@H]1c1ccc(Cl)cc1Cl. The number of hydrogen-bond acceptors (Lipinski definition) is 9. The summed E-state index contributed by atoms with van der Waals surface area (Å²) in [5, 5.41) is 15.0. The first-order valence-corrected chi connectivity index (χ1v) is 12.7. The number of carbonyl (C=O) groups is 2. The van der Waals surface area contributed by atoms with Crippen molar-refractivity contribution >= 4 is 52.3 Å². The maximum absolute atomic E-state index is 14.9. The van der Waals surface area contributed by atoms with Gasteiger partial charge in [-0.05, 0) is 12.1 Å². The van der Waals surface area contributed by atoms with Crippen LogP contribution < -0.4 is 5.32 Å². The topological polar surface area (TPSA) is 113 Å². The fourth-order valence-corrected chi connectivity index (χ4v) is 5.31. The van der Waals surface area contributed by atoms with Crippen molar-refractivity contribution in [1.29, 1.82) is 0 Å². The van der Waals surface area contributed by atoms with E-state index in [-0.39, 0.29) is 42.6 Å². The molecule has 2 aliphatic heterocycles. The first-order chi connectivity index (χ1) is 17.6. The Hall–Kier alpha value is -2.64. The second kappa shape index (κ2) is 11.4. The highest BCUT2D eigenvalue weighted by Gasteiger charge is 2.47. The molecule has 0 bridgehead atoms. The molecule has 0 amide bonds. The lowest BCUT2D eigenvalue weighted by atomic mass is 9.94. The molecule has 1 aromatic heterocycles. The number of nitrogens with one attached hydrogen (secondary N) is 1. The molecule has 2 aromatic rings. The van der Waals surface area contributed by atoms with Crippen LogP contribution in [0.5, 0.6) is 0 Å². The van der Waals surface area contributed by atoms with Crippen molar-refractivity contribution < 1.29 is 33.0 Å². The number of alkyl halides is 2. The van der Waals surface area contributed by atoms with Crippen LogP contribution in [0.15, 0.2) is 46.0 Å². The second-order valence-electron chi connectivity index (χ2n) is 8.28. The third kappa shape index (κ3) is 6.10. The summed E-state index contributed by atoms with van der Waals surface area (Å²) in [6.45, 7) is -0.309. The van der Waals surface area contributed by atoms with Gasteiger partial charge in [-0.2, -0.15) is 0 Å². The van der Waals surface area contributed by atoms with Gasteiger partial charge in [0, 0.05) is 46.0 Å². The summed E-state index contributed by atoms with van der Waals surface area (Å²) in [4.78, 5) is 34.5. The molecule has 198 valence electrons. The van der Waals surface area contributed by atoms with Gasteiger partial charge >= 0.3 is 11.9 Å². The number of ether oxygens (including phenoxy) is 2. The minimum Gasteiger partial charge on any atom is -0.481 e. The largest absolute Gasteiger partial charge is 0.481 e. The number of esters is 1. The molecule has 0 spiro atoms. The lowest BCUT2D eigenvalue weighted by Gasteiger charge is -2.40. The second-order valence-corrected chi connectivity index (χ2v) is 10.0. The lowest BCUT2D eigenvalue weighted by Crippen LogP contribution is -2.57. The quantitative estimate of drug-likeness (QED) is 0.458. The van der Waals surface area contributed by atoms with E-state index in [1.165, 1.54) is 29.4 Å². The van der Waals surface area contributed by atoms with Crippen molar-refractivity contribution in [1.82, 2.24) is 15.2 Å². The van der Waals surface area contributed by atoms with Crippen LogP contribution in [-0.2, 0) is 19.1 Å². The number of benzene rings is 1. The van der Waals surface area contributed by atoms with Gasteiger partial charge in [-0.1, -0.05) is 29.3 Å². The number of carbonyl (C=O) groups excluding carboxylic acids is 1. The third-order valence-corrected chi connectivity index (χ3v) is 7.24. The average Bonchev–Trinajstić information content (AvgIpc) is 3.38. The Balaban J connectivity index is 1.80. The number of nitrogens with zero attached hydrogens (tertiary/aromatic N) is 3. The van der Waals surface area contributed by atoms with Crippen molar-refractivity contribution in [3.05, 3.63) is 61.7 Å². The number of aliphatic carboxylic acids is 1. The van der Waals surface area contributed by atoms with Gasteiger partial charge in [0.05, 0.1) is 31.9 Å². The van der Waals surface area contributed by atoms with Gasteiger partial charge in [0.2, 0.25) is 0 Å². The van der Waals surface area contributed by atoms with E-state index in [4.69, 9.17) is 37.8 Å². The van der Waals surface area contributed by atoms with Gasteiger partial charge in [0.1, 0.15) is 12.5 Å². The summed E-state index contributed by atoms with van der Waals surface area (Å²) in [6.07, 6.45) is 0.223. The molecule has 1 unspecified atom stereocenters. The summed E-state index contributed by atoms with van der Waals surface area (Å²) < 4.78 is 40.1. The molecule has 37 heavy (non-hydrogen) atoms. The molecule has 1 saturated heterocycles. The minimum absolute atomic E-state index is 0.0684. The molecule has 3 heterocycles. The molecule has 9 nitrogen and oxygen atoms in total. The van der Waals surface area contributed by atoms with E-state index in [9.17, 15) is 18.4 Å². The van der Waals surface area contributed by atoms with Crippen molar-refractivity contribution in [2.75, 3.05) is 33.4 Å². The molecule has 14 heteroatoms. The normalized spacial score (nSPS) is 20.8. The molecular weight excluding hydrogens is 553 g/mol. The molecule has 0 radical (unpaired) electrons. The van der Waals surface area contributed by atoms with Crippen LogP contribution >= 0.6 is 34.5 Å². The van der Waals surface area contributed by atoms with Gasteiger partial charge < -0.3 is 19.9 Å². The van der Waals surface area contributed by atoms with Gasteiger partial charge in [0.25, 0.3) is 5.92 Å². The van der Waals surface area contributed by atoms with Crippen molar-refractivity contribution in [3.63, 3.8) is 0 Å². The fourth-order valence-electron chi connectivity index (χ4n) is 4.21. The average molecular weight is 575 g/mol. The summed E-state index contributed by atoms with van der Waals surface area (Å²) in [5.74, 6) is -5.63. The van der Waals surface area contributed by atoms with E-state index >= 15 is 0 Å². The number of rotatable bonds is 8. The van der Waals surface area contributed by atoms with Crippen molar-refractivity contribution in [2.45, 2.75) is 24.4 Å². The number of thiazole rings is 1. The number of aromatic nitrogens is 1. The number of carboxylic acid groups (broad SMARTS) is 1. The summed E-state index contributed by atoms with van der Waals surface area (Å²) in [6, 6.07) is 2.25. The van der Waals surface area contributed by atoms with E-state index in [1.54, 1.807) is 23.7 Å². The van der Waals surface area contributed by atoms with Gasteiger partial charge in [-0.3, -0.25) is 14.7 Å². The molecule has 2 aliphatic rings. The highest BCUT2D eigenvalue weighted by atomic mass is 35.5. The number of halogens is 4. The number of methoxy groups -OCH3 is 1. The van der Waals surface area contributed by atoms with Crippen LogP contribution in [0.2, 0.25) is 10.0 Å². The highest BCUT2D eigenvalue weighted by molar-refractivity contribution is 7.11. The molecule has 0 saturated carbocycles. The Kier molecular flexibility index (Phi) is 8.44. The summed E-state index contributed by atoms with van der Waals surface area (Å²) in [5.41, 5.74) is 0.772. The van der Waals surface area contributed by atoms with E-state index < -0.39 is 36.4 Å². The monoisotopic (exact) mass is 574 g/mol. The van der Waals surface area contributed by atoms with Gasteiger partial charge in [0.15, 0.2) is 10.8 Å². The van der Waals surface area contributed by atoms with Crippen molar-refractivity contribution in [3.8, 4) is 0 Å². The predicted molar refractivity (Wildman–Crippen MR) is 133 cm³/mol. The molecular formula is C23H22Cl2F2N4O5S. The van der Waals surface area contributed by atoms with Crippen LogP contribution in [0.25, 0.3) is 0 Å². The number of amidine groups is 1. The Bertz CT molecular complexity index is 1240. The van der Waals surface area contributed by atoms with Crippen LogP contribution in [0.1, 0.15) is 23.0 Å². The molecule has 2 atom stereocenters. The number of aliphatic imine (C=N–C) groups is 1.